The second-order valence-corrected chi connectivity index (χ2v) is 17.9. The zero-order chi connectivity index (χ0) is 38.4. The molecule has 0 aromatic carbocycles. The zero-order valence-corrected chi connectivity index (χ0v) is 33.4. The van der Waals surface area contributed by atoms with Crippen LogP contribution >= 0.6 is 0 Å². The van der Waals surface area contributed by atoms with Crippen LogP contribution in [0.1, 0.15) is 91.4 Å². The summed E-state index contributed by atoms with van der Waals surface area (Å²) in [6.07, 6.45) is 11.2. The van der Waals surface area contributed by atoms with Crippen molar-refractivity contribution in [1.29, 1.82) is 0 Å². The molecular weight excluding hydrogens is 687 g/mol. The molecule has 2 saturated heterocycles. The predicted octanol–water partition coefficient (Wildman–Crippen LogP) is 3.43. The van der Waals surface area contributed by atoms with Crippen LogP contribution in [0.2, 0.25) is 0 Å². The summed E-state index contributed by atoms with van der Waals surface area (Å²) in [5.74, 6) is 4.53. The molecule has 6 rings (SSSR count). The quantitative estimate of drug-likeness (QED) is 0.0728. The summed E-state index contributed by atoms with van der Waals surface area (Å²) in [4.78, 5) is 13.6. The van der Waals surface area contributed by atoms with Gasteiger partial charge in [0.25, 0.3) is 0 Å². The van der Waals surface area contributed by atoms with Crippen LogP contribution in [0, 0.1) is 59.2 Å². The second-order valence-electron chi connectivity index (χ2n) is 17.9. The maximum Gasteiger partial charge on any atom is 0.222 e. The number of carbonyl (C=O) groups is 1. The van der Waals surface area contributed by atoms with E-state index in [0.717, 1.165) is 43.5 Å². The van der Waals surface area contributed by atoms with Crippen molar-refractivity contribution in [3.63, 3.8) is 0 Å². The van der Waals surface area contributed by atoms with Crippen LogP contribution in [0.15, 0.2) is 24.2 Å². The lowest BCUT2D eigenvalue weighted by Crippen LogP contribution is -2.47. The van der Waals surface area contributed by atoms with Gasteiger partial charge in [-0.05, 0) is 106 Å². The maximum absolute atomic E-state index is 14.2. The van der Waals surface area contributed by atoms with Gasteiger partial charge in [0.1, 0.15) is 6.23 Å². The molecule has 54 heavy (non-hydrogen) atoms. The molecular formula is C42H73FN6O5. The number of allylic oxidation sites excluding steroid dienone is 2. The molecule has 3 saturated carbocycles. The van der Waals surface area contributed by atoms with E-state index in [-0.39, 0.29) is 66.6 Å². The monoisotopic (exact) mass is 761 g/mol. The van der Waals surface area contributed by atoms with Crippen molar-refractivity contribution in [1.82, 2.24) is 31.5 Å². The van der Waals surface area contributed by atoms with Crippen LogP contribution in [0.4, 0.5) is 4.39 Å². The summed E-state index contributed by atoms with van der Waals surface area (Å²) in [7, 11) is 0. The number of nitrogens with zero attached hydrogens (tertiary/aromatic N) is 1. The molecule has 5 unspecified atom stereocenters. The summed E-state index contributed by atoms with van der Waals surface area (Å²) >= 11 is 0. The number of carbonyl (C=O) groups excluding carboxylic acids is 1. The summed E-state index contributed by atoms with van der Waals surface area (Å²) in [6, 6.07) is 0.611. The number of hydrogen-bond acceptors (Lipinski definition) is 10. The number of likely N-dealkylation sites (N-methyl/N-ethyl adjacent to an activating group) is 1. The van der Waals surface area contributed by atoms with Crippen molar-refractivity contribution in [2.75, 3.05) is 52.5 Å². The number of halogens is 1. The first-order valence-corrected chi connectivity index (χ1v) is 21.7. The van der Waals surface area contributed by atoms with Crippen molar-refractivity contribution in [2.24, 2.45) is 59.2 Å². The Morgan fingerprint density at radius 3 is 2.63 bits per heavy atom. The Hall–Kier alpha value is -1.64. The molecule has 0 spiro atoms. The smallest absolute Gasteiger partial charge is 0.222 e. The number of ether oxygens (including phenoxy) is 1. The van der Waals surface area contributed by atoms with E-state index in [0.29, 0.717) is 62.9 Å². The van der Waals surface area contributed by atoms with Crippen molar-refractivity contribution in [3.05, 3.63) is 24.2 Å². The standard InChI is InChI=1S/C42H73FN6O5/c1-5-49(18-17-46-41(52)40-25(2)38(48-27(40)4)22-33-26(3)47-37-13-11-29(43)21-35(33)37)42(53)54-24-36-31-9-7-6-8-30(31)32-12-10-28(20-34(32)36)23-44-15-16-45-39(51)14-19-50/h11,25,27-28,30-38,40-42,44,46-48,50,52-53H,3,5-10,12-24H2,1-2,4H3,(H,45,51)/t25-,27?,28-,30?,31+,32-,33+,34-,35+,36?,37+,38?,40?,41-,42+/m1/s1. The van der Waals surface area contributed by atoms with Gasteiger partial charge >= 0.3 is 0 Å². The van der Waals surface area contributed by atoms with E-state index in [2.05, 4.69) is 47.0 Å². The number of aliphatic hydroxyl groups is 3. The van der Waals surface area contributed by atoms with E-state index in [1.165, 1.54) is 44.9 Å². The SMILES string of the molecule is C=C1N[C@H]2CC=C(F)C[C@H]2[C@H]1CC1NC(C)C([C@@H](O)NCCN(CC)[C@@H](O)OCC2[C@H]3CCCCC3[C@H]3CC[C@@H](CNCCNC(=O)CCO)C[C@@H]23)[C@@H]1C. The Labute approximate surface area is 324 Å². The Balaban J connectivity index is 0.947. The predicted molar refractivity (Wildman–Crippen MR) is 209 cm³/mol. The molecule has 11 nitrogen and oxygen atoms in total. The van der Waals surface area contributed by atoms with Crippen molar-refractivity contribution in [3.8, 4) is 0 Å². The lowest BCUT2D eigenvalue weighted by Gasteiger charge is -2.37. The van der Waals surface area contributed by atoms with Crippen LogP contribution in [0.3, 0.4) is 0 Å². The van der Waals surface area contributed by atoms with E-state index in [1.54, 1.807) is 6.08 Å². The average Bonchev–Trinajstić information content (AvgIpc) is 3.75. The minimum atomic E-state index is -0.982. The molecule has 2 aliphatic heterocycles. The van der Waals surface area contributed by atoms with E-state index >= 15 is 0 Å². The average molecular weight is 761 g/mol. The Morgan fingerprint density at radius 2 is 1.85 bits per heavy atom. The first kappa shape index (κ1) is 42.0. The third kappa shape index (κ3) is 9.89. The topological polar surface area (TPSA) is 150 Å². The lowest BCUT2D eigenvalue weighted by atomic mass is 9.70. The van der Waals surface area contributed by atoms with Crippen LogP contribution in [-0.4, -0.2) is 109 Å². The largest absolute Gasteiger partial charge is 0.396 e. The molecule has 2 heterocycles. The molecule has 4 aliphatic carbocycles. The molecule has 15 atom stereocenters. The Bertz CT molecular complexity index is 1260. The van der Waals surface area contributed by atoms with Crippen molar-refractivity contribution >= 4 is 5.91 Å². The van der Waals surface area contributed by atoms with E-state index in [9.17, 15) is 19.4 Å². The molecule has 0 radical (unpaired) electrons. The molecule has 6 aliphatic rings. The van der Waals surface area contributed by atoms with Gasteiger partial charge in [0.2, 0.25) is 12.3 Å². The van der Waals surface area contributed by atoms with Crippen LogP contribution in [0.25, 0.3) is 0 Å². The summed E-state index contributed by atoms with van der Waals surface area (Å²) < 4.78 is 20.6. The van der Waals surface area contributed by atoms with Gasteiger partial charge < -0.3 is 41.3 Å². The Kier molecular flexibility index (Phi) is 15.3. The maximum atomic E-state index is 14.2. The minimum Gasteiger partial charge on any atom is -0.396 e. The number of amides is 1. The molecule has 0 aromatic heterocycles. The van der Waals surface area contributed by atoms with E-state index < -0.39 is 12.6 Å². The summed E-state index contributed by atoms with van der Waals surface area (Å²) in [5, 5.41) is 48.7. The van der Waals surface area contributed by atoms with Crippen molar-refractivity contribution < 1.29 is 29.2 Å². The number of nitrogens with one attached hydrogen (secondary N) is 5. The molecule has 8 N–H and O–H groups in total. The van der Waals surface area contributed by atoms with Gasteiger partial charge in [-0.25, -0.2) is 4.39 Å². The van der Waals surface area contributed by atoms with Gasteiger partial charge in [0.15, 0.2) is 0 Å². The highest BCUT2D eigenvalue weighted by Crippen LogP contribution is 2.58. The van der Waals surface area contributed by atoms with E-state index in [1.807, 2.05) is 11.8 Å². The lowest BCUT2D eigenvalue weighted by molar-refractivity contribution is -0.202. The highest BCUT2D eigenvalue weighted by molar-refractivity contribution is 5.75. The fourth-order valence-electron chi connectivity index (χ4n) is 12.2. The van der Waals surface area contributed by atoms with Crippen LogP contribution in [-0.2, 0) is 9.53 Å². The Morgan fingerprint density at radius 1 is 1.07 bits per heavy atom. The van der Waals surface area contributed by atoms with Gasteiger partial charge in [-0.15, -0.1) is 0 Å². The number of aliphatic hydroxyl groups excluding tert-OH is 3. The summed E-state index contributed by atoms with van der Waals surface area (Å²) in [5.41, 5.74) is 1.02. The van der Waals surface area contributed by atoms with Gasteiger partial charge in [-0.1, -0.05) is 39.3 Å². The molecule has 0 aromatic rings. The number of rotatable bonds is 19. The van der Waals surface area contributed by atoms with Gasteiger partial charge in [-0.2, -0.15) is 0 Å². The van der Waals surface area contributed by atoms with Crippen LogP contribution in [0.5, 0.6) is 0 Å². The molecule has 0 bridgehead atoms. The first-order chi connectivity index (χ1) is 26.1. The first-order valence-electron chi connectivity index (χ1n) is 21.7. The third-order valence-corrected chi connectivity index (χ3v) is 14.9. The van der Waals surface area contributed by atoms with E-state index in [4.69, 9.17) is 9.84 Å². The number of fused-ring (bicyclic) bond motifs is 4. The van der Waals surface area contributed by atoms with Gasteiger partial charge in [0, 0.05) is 81.2 Å². The zero-order valence-electron chi connectivity index (χ0n) is 33.4. The molecule has 1 amide bonds. The molecule has 308 valence electrons. The highest BCUT2D eigenvalue weighted by atomic mass is 19.1. The van der Waals surface area contributed by atoms with Gasteiger partial charge in [-0.3, -0.25) is 15.0 Å². The number of hydrogen-bond donors (Lipinski definition) is 8. The van der Waals surface area contributed by atoms with Crippen LogP contribution < -0.4 is 26.6 Å². The normalized spacial score (nSPS) is 38.7. The molecule has 12 heteroatoms. The minimum absolute atomic E-state index is 0.00262. The molecule has 5 fully saturated rings. The highest BCUT2D eigenvalue weighted by Gasteiger charge is 2.52. The third-order valence-electron chi connectivity index (χ3n) is 14.9. The fourth-order valence-corrected chi connectivity index (χ4v) is 12.2. The van der Waals surface area contributed by atoms with Gasteiger partial charge in [0.05, 0.1) is 19.0 Å². The summed E-state index contributed by atoms with van der Waals surface area (Å²) in [6.45, 7) is 15.2. The second kappa shape index (κ2) is 19.7. The fraction of sp³-hybridized carbons (Fsp3) is 0.881. The van der Waals surface area contributed by atoms with Crippen molar-refractivity contribution in [2.45, 2.75) is 122 Å².